The zero-order chi connectivity index (χ0) is 20.3. The normalized spacial score (nSPS) is 12.7. The fourth-order valence-electron chi connectivity index (χ4n) is 2.68. The lowest BCUT2D eigenvalue weighted by Gasteiger charge is -2.28. The fourth-order valence-corrected chi connectivity index (χ4v) is 3.54. The van der Waals surface area contributed by atoms with Gasteiger partial charge in [-0.2, -0.15) is 13.2 Å². The third-order valence-electron chi connectivity index (χ3n) is 3.93. The number of benzene rings is 1. The Morgan fingerprint density at radius 3 is 1.88 bits per heavy atom. The van der Waals surface area contributed by atoms with Crippen LogP contribution in [0.15, 0.2) is 24.3 Å². The second kappa shape index (κ2) is 8.28. The second-order valence-corrected chi connectivity index (χ2v) is 8.80. The molecule has 148 valence electrons. The van der Waals surface area contributed by atoms with Gasteiger partial charge in [0.25, 0.3) is 0 Å². The highest BCUT2D eigenvalue weighted by Crippen LogP contribution is 2.31. The van der Waals surface area contributed by atoms with Crippen molar-refractivity contribution in [2.75, 3.05) is 17.1 Å². The molecule has 0 spiro atoms. The first-order valence-electron chi connectivity index (χ1n) is 8.17. The number of anilines is 1. The standard InChI is InChI=1S/C17H25F3N2O3S/c1-11(2)16(12(3)4)21-15(23)10-22(26(5,24)25)14-8-6-13(7-9-14)17(18,19)20/h6-9,11-12,16H,10H2,1-5H3,(H,21,23). The molecule has 0 saturated carbocycles. The second-order valence-electron chi connectivity index (χ2n) is 6.90. The van der Waals surface area contributed by atoms with E-state index in [1.54, 1.807) is 0 Å². The number of nitrogens with one attached hydrogen (secondary N) is 1. The van der Waals surface area contributed by atoms with Gasteiger partial charge in [-0.25, -0.2) is 8.42 Å². The summed E-state index contributed by atoms with van der Waals surface area (Å²) in [5.41, 5.74) is -0.889. The van der Waals surface area contributed by atoms with Crippen LogP contribution in [0.25, 0.3) is 0 Å². The van der Waals surface area contributed by atoms with Gasteiger partial charge in [0.2, 0.25) is 15.9 Å². The fraction of sp³-hybridized carbons (Fsp3) is 0.588. The predicted molar refractivity (Wildman–Crippen MR) is 95.2 cm³/mol. The van der Waals surface area contributed by atoms with Crippen LogP contribution >= 0.6 is 0 Å². The number of halogens is 3. The first kappa shape index (κ1) is 22.3. The van der Waals surface area contributed by atoms with Crippen LogP contribution in [0.5, 0.6) is 0 Å². The predicted octanol–water partition coefficient (Wildman–Crippen LogP) is 3.27. The SMILES string of the molecule is CC(C)C(NC(=O)CN(c1ccc(C(F)(F)F)cc1)S(C)(=O)=O)C(C)C. The molecule has 1 aromatic carbocycles. The lowest BCUT2D eigenvalue weighted by molar-refractivity contribution is -0.137. The summed E-state index contributed by atoms with van der Waals surface area (Å²) in [6.07, 6.45) is -3.62. The van der Waals surface area contributed by atoms with Crippen molar-refractivity contribution in [1.29, 1.82) is 0 Å². The van der Waals surface area contributed by atoms with Gasteiger partial charge < -0.3 is 5.32 Å². The molecule has 1 rings (SSSR count). The molecule has 0 radical (unpaired) electrons. The third kappa shape index (κ3) is 6.19. The van der Waals surface area contributed by atoms with Gasteiger partial charge in [-0.3, -0.25) is 9.10 Å². The number of amides is 1. The van der Waals surface area contributed by atoms with E-state index in [-0.39, 0.29) is 23.6 Å². The van der Waals surface area contributed by atoms with Crippen LogP contribution in [0.4, 0.5) is 18.9 Å². The molecule has 5 nitrogen and oxygen atoms in total. The Bertz CT molecular complexity index is 706. The Balaban J connectivity index is 3.04. The summed E-state index contributed by atoms with van der Waals surface area (Å²) in [5, 5.41) is 2.80. The molecule has 0 aliphatic rings. The van der Waals surface area contributed by atoms with Crippen molar-refractivity contribution < 1.29 is 26.4 Å². The number of sulfonamides is 1. The van der Waals surface area contributed by atoms with Crippen LogP contribution < -0.4 is 9.62 Å². The van der Waals surface area contributed by atoms with Crippen LogP contribution in [-0.4, -0.2) is 33.2 Å². The summed E-state index contributed by atoms with van der Waals surface area (Å²) in [6, 6.07) is 3.52. The van der Waals surface area contributed by atoms with E-state index in [4.69, 9.17) is 0 Å². The van der Waals surface area contributed by atoms with E-state index < -0.39 is 34.2 Å². The van der Waals surface area contributed by atoms with E-state index in [0.29, 0.717) is 0 Å². The first-order valence-corrected chi connectivity index (χ1v) is 10.0. The van der Waals surface area contributed by atoms with E-state index in [2.05, 4.69) is 5.32 Å². The van der Waals surface area contributed by atoms with Crippen LogP contribution in [0.1, 0.15) is 33.3 Å². The molecule has 26 heavy (non-hydrogen) atoms. The highest BCUT2D eigenvalue weighted by molar-refractivity contribution is 7.92. The molecule has 0 bridgehead atoms. The highest BCUT2D eigenvalue weighted by atomic mass is 32.2. The minimum absolute atomic E-state index is 0.00120. The molecule has 0 aliphatic heterocycles. The van der Waals surface area contributed by atoms with Gasteiger partial charge in [0.05, 0.1) is 17.5 Å². The van der Waals surface area contributed by atoms with Crippen LogP contribution in [0.3, 0.4) is 0 Å². The van der Waals surface area contributed by atoms with Crippen molar-refractivity contribution in [3.05, 3.63) is 29.8 Å². The lowest BCUT2D eigenvalue weighted by atomic mass is 9.93. The van der Waals surface area contributed by atoms with Gasteiger partial charge in [0.15, 0.2) is 0 Å². The summed E-state index contributed by atoms with van der Waals surface area (Å²) < 4.78 is 62.8. The summed E-state index contributed by atoms with van der Waals surface area (Å²) >= 11 is 0. The quantitative estimate of drug-likeness (QED) is 0.772. The molecular weight excluding hydrogens is 369 g/mol. The van der Waals surface area contributed by atoms with Gasteiger partial charge in [0.1, 0.15) is 6.54 Å². The average molecular weight is 394 g/mol. The third-order valence-corrected chi connectivity index (χ3v) is 5.07. The molecule has 1 amide bonds. The molecule has 0 fully saturated rings. The van der Waals surface area contributed by atoms with Crippen molar-refractivity contribution >= 4 is 21.6 Å². The lowest BCUT2D eigenvalue weighted by Crippen LogP contribution is -2.47. The summed E-state index contributed by atoms with van der Waals surface area (Å²) in [6.45, 7) is 7.26. The van der Waals surface area contributed by atoms with Gasteiger partial charge in [0, 0.05) is 6.04 Å². The molecular formula is C17H25F3N2O3S. The van der Waals surface area contributed by atoms with Crippen LogP contribution in [-0.2, 0) is 21.0 Å². The molecule has 0 aromatic heterocycles. The first-order chi connectivity index (χ1) is 11.7. The zero-order valence-electron chi connectivity index (χ0n) is 15.5. The maximum atomic E-state index is 12.7. The van der Waals surface area contributed by atoms with Gasteiger partial charge in [-0.05, 0) is 36.1 Å². The maximum Gasteiger partial charge on any atom is 0.416 e. The molecule has 0 saturated heterocycles. The molecule has 1 N–H and O–H groups in total. The van der Waals surface area contributed by atoms with Crippen molar-refractivity contribution in [3.8, 4) is 0 Å². The van der Waals surface area contributed by atoms with E-state index in [1.807, 2.05) is 27.7 Å². The number of rotatable bonds is 7. The Hall–Kier alpha value is -1.77. The van der Waals surface area contributed by atoms with E-state index in [0.717, 1.165) is 34.8 Å². The van der Waals surface area contributed by atoms with E-state index in [1.165, 1.54) is 0 Å². The minimum Gasteiger partial charge on any atom is -0.351 e. The highest BCUT2D eigenvalue weighted by Gasteiger charge is 2.31. The summed E-state index contributed by atoms with van der Waals surface area (Å²) in [4.78, 5) is 12.3. The van der Waals surface area contributed by atoms with Crippen LogP contribution in [0, 0.1) is 11.8 Å². The van der Waals surface area contributed by atoms with Crippen molar-refractivity contribution in [1.82, 2.24) is 5.32 Å². The Morgan fingerprint density at radius 2 is 1.54 bits per heavy atom. The summed E-state index contributed by atoms with van der Waals surface area (Å²) in [7, 11) is -3.85. The van der Waals surface area contributed by atoms with Gasteiger partial charge >= 0.3 is 6.18 Å². The number of alkyl halides is 3. The average Bonchev–Trinajstić information content (AvgIpc) is 2.47. The molecule has 0 heterocycles. The molecule has 9 heteroatoms. The Kier molecular flexibility index (Phi) is 7.09. The Morgan fingerprint density at radius 1 is 1.08 bits per heavy atom. The van der Waals surface area contributed by atoms with Crippen molar-refractivity contribution in [3.63, 3.8) is 0 Å². The minimum atomic E-state index is -4.52. The molecule has 1 aromatic rings. The van der Waals surface area contributed by atoms with Crippen LogP contribution in [0.2, 0.25) is 0 Å². The number of carbonyl (C=O) groups is 1. The number of nitrogens with zero attached hydrogens (tertiary/aromatic N) is 1. The monoisotopic (exact) mass is 394 g/mol. The Labute approximate surface area is 152 Å². The van der Waals surface area contributed by atoms with E-state index in [9.17, 15) is 26.4 Å². The van der Waals surface area contributed by atoms with Gasteiger partial charge in [-0.15, -0.1) is 0 Å². The molecule has 0 aliphatic carbocycles. The van der Waals surface area contributed by atoms with Crippen molar-refractivity contribution in [2.24, 2.45) is 11.8 Å². The smallest absolute Gasteiger partial charge is 0.351 e. The van der Waals surface area contributed by atoms with Crippen molar-refractivity contribution in [2.45, 2.75) is 39.9 Å². The number of carbonyl (C=O) groups excluding carboxylic acids is 1. The number of hydrogen-bond donors (Lipinski definition) is 1. The maximum absolute atomic E-state index is 12.7. The number of hydrogen-bond acceptors (Lipinski definition) is 3. The summed E-state index contributed by atoms with van der Waals surface area (Å²) in [5.74, 6) is -0.212. The topological polar surface area (TPSA) is 66.5 Å². The molecule has 0 atom stereocenters. The largest absolute Gasteiger partial charge is 0.416 e. The van der Waals surface area contributed by atoms with E-state index >= 15 is 0 Å². The molecule has 0 unspecified atom stereocenters. The van der Waals surface area contributed by atoms with Gasteiger partial charge in [-0.1, -0.05) is 27.7 Å². The zero-order valence-corrected chi connectivity index (χ0v) is 16.3.